The standard InChI is InChI=1S/C45H48N2O7Si/c1-30-43(52-3)36-27-32(47-37-16-10-12-18-40(37)53-38-17-11-9-15-35(38)45(47)50)19-24-39(36)54-44(30)41(55(4,5)34-22-20-33(51-2)21-23-34)28-42(49)46(25-26-48)29-31-13-7-6-8-14-31/h6-24,27,30,41,43-44,48H,25-26,28-29H2,1-5H3/t30-,41?,43-,44-/m0/s1. The maximum atomic E-state index is 14.4. The van der Waals surface area contributed by atoms with Crippen LogP contribution < -0.4 is 24.3 Å². The summed E-state index contributed by atoms with van der Waals surface area (Å²) in [6.07, 6.45) is -0.551. The summed E-state index contributed by atoms with van der Waals surface area (Å²) in [6.45, 7) is 7.20. The lowest BCUT2D eigenvalue weighted by atomic mass is 9.86. The Balaban J connectivity index is 1.27. The molecule has 4 atom stereocenters. The second-order valence-corrected chi connectivity index (χ2v) is 19.6. The second-order valence-electron chi connectivity index (χ2n) is 14.8. The predicted molar refractivity (Wildman–Crippen MR) is 217 cm³/mol. The number of benzene rings is 5. The monoisotopic (exact) mass is 756 g/mol. The fraction of sp³-hybridized carbons (Fsp3) is 0.289. The van der Waals surface area contributed by atoms with E-state index in [0.717, 1.165) is 16.9 Å². The van der Waals surface area contributed by atoms with E-state index >= 15 is 0 Å². The molecule has 0 aliphatic carbocycles. The van der Waals surface area contributed by atoms with Gasteiger partial charge in [-0.2, -0.15) is 0 Å². The van der Waals surface area contributed by atoms with E-state index in [1.807, 2.05) is 97.1 Å². The van der Waals surface area contributed by atoms with Crippen LogP contribution in [0.3, 0.4) is 0 Å². The van der Waals surface area contributed by atoms with E-state index in [4.69, 9.17) is 18.9 Å². The molecule has 0 fully saturated rings. The van der Waals surface area contributed by atoms with Gasteiger partial charge in [-0.1, -0.05) is 91.9 Å². The number of hydrogen-bond acceptors (Lipinski definition) is 7. The highest BCUT2D eigenvalue weighted by molar-refractivity contribution is 6.91. The average molecular weight is 757 g/mol. The fourth-order valence-electron chi connectivity index (χ4n) is 8.12. The van der Waals surface area contributed by atoms with Crippen molar-refractivity contribution in [1.29, 1.82) is 0 Å². The van der Waals surface area contributed by atoms with Gasteiger partial charge < -0.3 is 29.0 Å². The third-order valence-corrected chi connectivity index (χ3v) is 15.4. The van der Waals surface area contributed by atoms with Crippen LogP contribution in [0, 0.1) is 5.92 Å². The molecular formula is C45H48N2O7Si. The van der Waals surface area contributed by atoms with E-state index in [0.29, 0.717) is 40.7 Å². The summed E-state index contributed by atoms with van der Waals surface area (Å²) in [5.41, 5.74) is 3.40. The zero-order valence-electron chi connectivity index (χ0n) is 32.0. The average Bonchev–Trinajstić information content (AvgIpc) is 3.33. The molecule has 2 aliphatic rings. The van der Waals surface area contributed by atoms with E-state index in [1.54, 1.807) is 36.2 Å². The molecule has 0 spiro atoms. The molecule has 1 N–H and O–H groups in total. The normalized spacial score (nSPS) is 18.1. The maximum absolute atomic E-state index is 14.4. The number of nitrogens with zero attached hydrogens (tertiary/aromatic N) is 2. The smallest absolute Gasteiger partial charge is 0.266 e. The third-order valence-electron chi connectivity index (χ3n) is 11.2. The number of amides is 2. The van der Waals surface area contributed by atoms with Crippen molar-refractivity contribution in [2.45, 2.75) is 50.7 Å². The quantitative estimate of drug-likeness (QED) is 0.128. The number of anilines is 2. The molecular weight excluding hydrogens is 709 g/mol. The van der Waals surface area contributed by atoms with Gasteiger partial charge in [-0.05, 0) is 60.2 Å². The Morgan fingerprint density at radius 3 is 2.27 bits per heavy atom. The minimum Gasteiger partial charge on any atom is -0.497 e. The molecule has 7 rings (SSSR count). The van der Waals surface area contributed by atoms with Crippen LogP contribution in [-0.2, 0) is 16.1 Å². The number of carbonyl (C=O) groups excluding carboxylic acids is 2. The van der Waals surface area contributed by atoms with Crippen molar-refractivity contribution < 1.29 is 33.6 Å². The Morgan fingerprint density at radius 2 is 1.56 bits per heavy atom. The van der Waals surface area contributed by atoms with Crippen LogP contribution in [0.25, 0.3) is 0 Å². The number of rotatable bonds is 12. The van der Waals surface area contributed by atoms with E-state index in [9.17, 15) is 14.7 Å². The van der Waals surface area contributed by atoms with Gasteiger partial charge in [0.25, 0.3) is 5.91 Å². The summed E-state index contributed by atoms with van der Waals surface area (Å²) in [7, 11) is 0.854. The van der Waals surface area contributed by atoms with Crippen molar-refractivity contribution in [3.63, 3.8) is 0 Å². The van der Waals surface area contributed by atoms with Gasteiger partial charge >= 0.3 is 0 Å². The van der Waals surface area contributed by atoms with Crippen LogP contribution in [0.15, 0.2) is 121 Å². The number of methoxy groups -OCH3 is 2. The van der Waals surface area contributed by atoms with Gasteiger partial charge in [0.15, 0.2) is 5.75 Å². The van der Waals surface area contributed by atoms with Gasteiger partial charge in [0.2, 0.25) is 5.91 Å². The maximum Gasteiger partial charge on any atom is 0.266 e. The van der Waals surface area contributed by atoms with Gasteiger partial charge in [0.05, 0.1) is 44.8 Å². The number of para-hydroxylation sites is 3. The van der Waals surface area contributed by atoms with E-state index in [1.165, 1.54) is 5.19 Å². The minimum atomic E-state index is -2.50. The molecule has 5 aromatic carbocycles. The molecule has 0 radical (unpaired) electrons. The largest absolute Gasteiger partial charge is 0.497 e. The number of carbonyl (C=O) groups is 2. The molecule has 0 bridgehead atoms. The molecule has 0 saturated heterocycles. The van der Waals surface area contributed by atoms with Gasteiger partial charge in [0, 0.05) is 43.6 Å². The topological polar surface area (TPSA) is 97.8 Å². The lowest BCUT2D eigenvalue weighted by Gasteiger charge is -2.46. The SMILES string of the molecule is COc1ccc([Si](C)(C)C(CC(=O)N(CCO)Cc2ccccc2)[C@H]2Oc3ccc(N4C(=O)c5ccccc5Oc5ccccc54)cc3[C@@H](OC)[C@@H]2C)cc1. The molecule has 9 nitrogen and oxygen atoms in total. The van der Waals surface area contributed by atoms with Crippen LogP contribution in [0.5, 0.6) is 23.0 Å². The predicted octanol–water partition coefficient (Wildman–Crippen LogP) is 8.26. The summed E-state index contributed by atoms with van der Waals surface area (Å²) in [4.78, 5) is 32.1. The fourth-order valence-corrected chi connectivity index (χ4v) is 11.5. The number of aliphatic hydroxyl groups is 1. The molecule has 55 heavy (non-hydrogen) atoms. The second kappa shape index (κ2) is 16.1. The molecule has 2 heterocycles. The van der Waals surface area contributed by atoms with Crippen LogP contribution >= 0.6 is 0 Å². The molecule has 2 aliphatic heterocycles. The Bertz CT molecular complexity index is 2140. The molecule has 0 saturated carbocycles. The van der Waals surface area contributed by atoms with Crippen molar-refractivity contribution in [2.24, 2.45) is 5.92 Å². The van der Waals surface area contributed by atoms with Crippen LogP contribution in [-0.4, -0.2) is 63.4 Å². The molecule has 1 unspecified atom stereocenters. The first-order valence-corrected chi connectivity index (χ1v) is 21.8. The van der Waals surface area contributed by atoms with E-state index in [-0.39, 0.29) is 48.9 Å². The number of ether oxygens (including phenoxy) is 4. The summed E-state index contributed by atoms with van der Waals surface area (Å²) < 4.78 is 25.1. The molecule has 0 aromatic heterocycles. The number of hydrogen-bond donors (Lipinski definition) is 1. The van der Waals surface area contributed by atoms with Crippen LogP contribution in [0.4, 0.5) is 11.4 Å². The van der Waals surface area contributed by atoms with Crippen LogP contribution in [0.2, 0.25) is 18.6 Å². The Hall–Kier alpha value is -5.42. The van der Waals surface area contributed by atoms with Gasteiger partial charge in [-0.15, -0.1) is 0 Å². The first-order chi connectivity index (χ1) is 26.6. The summed E-state index contributed by atoms with van der Waals surface area (Å²) in [6, 6.07) is 38.6. The molecule has 10 heteroatoms. The molecule has 284 valence electrons. The Kier molecular flexibility index (Phi) is 11.1. The van der Waals surface area contributed by atoms with Crippen molar-refractivity contribution in [2.75, 3.05) is 32.3 Å². The highest BCUT2D eigenvalue weighted by atomic mass is 28.3. The van der Waals surface area contributed by atoms with Crippen molar-refractivity contribution >= 4 is 36.4 Å². The number of aliphatic hydroxyl groups excluding tert-OH is 1. The molecule has 2 amide bonds. The Labute approximate surface area is 324 Å². The molecule has 5 aromatic rings. The minimum absolute atomic E-state index is 0.0382. The highest BCUT2D eigenvalue weighted by Gasteiger charge is 2.48. The van der Waals surface area contributed by atoms with Gasteiger partial charge in [-0.3, -0.25) is 14.5 Å². The van der Waals surface area contributed by atoms with Gasteiger partial charge in [0.1, 0.15) is 23.4 Å². The van der Waals surface area contributed by atoms with E-state index < -0.39 is 14.2 Å². The number of fused-ring (bicyclic) bond motifs is 3. The zero-order chi connectivity index (χ0) is 38.7. The van der Waals surface area contributed by atoms with Crippen molar-refractivity contribution in [1.82, 2.24) is 4.90 Å². The highest BCUT2D eigenvalue weighted by Crippen LogP contribution is 2.50. The lowest BCUT2D eigenvalue weighted by molar-refractivity contribution is -0.133. The van der Waals surface area contributed by atoms with Gasteiger partial charge in [-0.25, -0.2) is 0 Å². The lowest BCUT2D eigenvalue weighted by Crippen LogP contribution is -2.55. The zero-order valence-corrected chi connectivity index (χ0v) is 33.0. The third kappa shape index (κ3) is 7.49. The summed E-state index contributed by atoms with van der Waals surface area (Å²) >= 11 is 0. The van der Waals surface area contributed by atoms with Crippen LogP contribution in [0.1, 0.15) is 40.9 Å². The Morgan fingerprint density at radius 1 is 0.873 bits per heavy atom. The van der Waals surface area contributed by atoms with Crippen molar-refractivity contribution in [3.05, 3.63) is 138 Å². The van der Waals surface area contributed by atoms with Crippen molar-refractivity contribution in [3.8, 4) is 23.0 Å². The summed E-state index contributed by atoms with van der Waals surface area (Å²) in [5, 5.41) is 11.2. The first kappa shape index (κ1) is 37.9. The van der Waals surface area contributed by atoms with E-state index in [2.05, 4.69) is 32.2 Å². The summed E-state index contributed by atoms with van der Waals surface area (Å²) in [5.74, 6) is 2.08. The first-order valence-electron chi connectivity index (χ1n) is 18.8.